The Balaban J connectivity index is 2.59. The van der Waals surface area contributed by atoms with E-state index in [1.54, 1.807) is 0 Å². The second-order valence-corrected chi connectivity index (χ2v) is 6.04. The highest BCUT2D eigenvalue weighted by atomic mass is 32.2. The van der Waals surface area contributed by atoms with E-state index in [-0.39, 0.29) is 11.0 Å². The molecule has 1 N–H and O–H groups in total. The summed E-state index contributed by atoms with van der Waals surface area (Å²) in [7, 11) is 0. The van der Waals surface area contributed by atoms with Gasteiger partial charge in [0.25, 0.3) is 0 Å². The van der Waals surface area contributed by atoms with Gasteiger partial charge in [-0.05, 0) is 17.9 Å². The van der Waals surface area contributed by atoms with Crippen molar-refractivity contribution in [1.29, 1.82) is 0 Å². The first-order valence-corrected chi connectivity index (χ1v) is 7.54. The summed E-state index contributed by atoms with van der Waals surface area (Å²) in [6.45, 7) is 7.69. The Labute approximate surface area is 119 Å². The summed E-state index contributed by atoms with van der Waals surface area (Å²) in [6, 6.07) is 9.89. The highest BCUT2D eigenvalue weighted by Crippen LogP contribution is 2.25. The molecule has 0 bridgehead atoms. The minimum atomic E-state index is -0.752. The third-order valence-electron chi connectivity index (χ3n) is 2.91. The van der Waals surface area contributed by atoms with Gasteiger partial charge in [-0.3, -0.25) is 4.79 Å². The molecule has 1 aromatic rings. The minimum absolute atomic E-state index is 0.0463. The molecule has 0 fully saturated rings. The van der Waals surface area contributed by atoms with Crippen molar-refractivity contribution in [2.45, 2.75) is 32.1 Å². The molecule has 2 unspecified atom stereocenters. The fraction of sp³-hybridized carbons (Fsp3) is 0.438. The van der Waals surface area contributed by atoms with Gasteiger partial charge in [-0.2, -0.15) is 0 Å². The molecule has 104 valence electrons. The van der Waals surface area contributed by atoms with Crippen molar-refractivity contribution in [2.24, 2.45) is 11.8 Å². The molecule has 1 rings (SSSR count). The lowest BCUT2D eigenvalue weighted by Gasteiger charge is -2.20. The zero-order valence-corrected chi connectivity index (χ0v) is 12.4. The number of carbonyl (C=O) groups excluding carboxylic acids is 1. The van der Waals surface area contributed by atoms with Crippen molar-refractivity contribution in [3.8, 4) is 0 Å². The van der Waals surface area contributed by atoms with Gasteiger partial charge < -0.3 is 5.11 Å². The standard InChI is InChI=1S/C16H22O2S/c1-4-15(17)14(10-12(2)3)16(18)19-11-13-8-6-5-7-9-13/h4-9,12,14-15,17H,1,10-11H2,2-3H3. The van der Waals surface area contributed by atoms with Crippen LogP contribution in [0.1, 0.15) is 25.8 Å². The molecule has 2 nitrogen and oxygen atoms in total. The first-order valence-electron chi connectivity index (χ1n) is 6.55. The molecule has 0 aromatic heterocycles. The lowest BCUT2D eigenvalue weighted by molar-refractivity contribution is -0.117. The van der Waals surface area contributed by atoms with Crippen molar-refractivity contribution in [3.05, 3.63) is 48.6 Å². The van der Waals surface area contributed by atoms with Gasteiger partial charge in [0.15, 0.2) is 5.12 Å². The molecule has 1 aromatic carbocycles. The third-order valence-corrected chi connectivity index (χ3v) is 3.97. The number of hydrogen-bond acceptors (Lipinski definition) is 3. The van der Waals surface area contributed by atoms with Gasteiger partial charge in [0, 0.05) is 5.75 Å². The minimum Gasteiger partial charge on any atom is -0.388 e. The van der Waals surface area contributed by atoms with Gasteiger partial charge >= 0.3 is 0 Å². The summed E-state index contributed by atoms with van der Waals surface area (Å²) in [6.07, 6.45) is 1.39. The molecule has 19 heavy (non-hydrogen) atoms. The Morgan fingerprint density at radius 3 is 2.53 bits per heavy atom. The van der Waals surface area contributed by atoms with E-state index < -0.39 is 6.10 Å². The van der Waals surface area contributed by atoms with Crippen LogP contribution in [0.25, 0.3) is 0 Å². The summed E-state index contributed by atoms with van der Waals surface area (Å²) in [4.78, 5) is 12.2. The van der Waals surface area contributed by atoms with E-state index >= 15 is 0 Å². The number of rotatable bonds is 7. The van der Waals surface area contributed by atoms with E-state index in [1.807, 2.05) is 30.3 Å². The van der Waals surface area contributed by atoms with Crippen molar-refractivity contribution >= 4 is 16.9 Å². The second kappa shape index (κ2) is 8.18. The number of carbonyl (C=O) groups is 1. The van der Waals surface area contributed by atoms with E-state index in [1.165, 1.54) is 17.8 Å². The van der Waals surface area contributed by atoms with E-state index in [4.69, 9.17) is 0 Å². The zero-order valence-electron chi connectivity index (χ0n) is 11.6. The Morgan fingerprint density at radius 2 is 2.00 bits per heavy atom. The maximum atomic E-state index is 12.2. The average molecular weight is 278 g/mol. The molecular formula is C16H22O2S. The smallest absolute Gasteiger partial charge is 0.195 e. The predicted molar refractivity (Wildman–Crippen MR) is 81.9 cm³/mol. The SMILES string of the molecule is C=CC(O)C(CC(C)C)C(=O)SCc1ccccc1. The molecule has 0 amide bonds. The molecule has 0 aliphatic rings. The number of hydrogen-bond donors (Lipinski definition) is 1. The van der Waals surface area contributed by atoms with E-state index in [9.17, 15) is 9.90 Å². The fourth-order valence-electron chi connectivity index (χ4n) is 1.88. The lowest BCUT2D eigenvalue weighted by atomic mass is 9.93. The third kappa shape index (κ3) is 5.62. The van der Waals surface area contributed by atoms with Crippen LogP contribution < -0.4 is 0 Å². The maximum Gasteiger partial charge on any atom is 0.195 e. The van der Waals surface area contributed by atoms with Crippen molar-refractivity contribution < 1.29 is 9.90 Å². The van der Waals surface area contributed by atoms with Gasteiger partial charge in [-0.15, -0.1) is 6.58 Å². The summed E-state index contributed by atoms with van der Waals surface area (Å²) < 4.78 is 0. The molecule has 0 aliphatic heterocycles. The zero-order chi connectivity index (χ0) is 14.3. The van der Waals surface area contributed by atoms with E-state index in [0.717, 1.165) is 5.56 Å². The Hall–Kier alpha value is -1.06. The topological polar surface area (TPSA) is 37.3 Å². The molecule has 0 radical (unpaired) electrons. The van der Waals surface area contributed by atoms with Gasteiger partial charge in [0.2, 0.25) is 0 Å². The number of aliphatic hydroxyl groups is 1. The molecule has 2 atom stereocenters. The molecule has 0 saturated heterocycles. The summed E-state index contributed by atoms with van der Waals surface area (Å²) in [5.41, 5.74) is 1.12. The van der Waals surface area contributed by atoms with Gasteiger partial charge in [-0.1, -0.05) is 62.0 Å². The molecule has 0 spiro atoms. The van der Waals surface area contributed by atoms with Crippen molar-refractivity contribution in [1.82, 2.24) is 0 Å². The van der Waals surface area contributed by atoms with Crippen LogP contribution in [-0.4, -0.2) is 16.3 Å². The predicted octanol–water partition coefficient (Wildman–Crippen LogP) is 3.66. The maximum absolute atomic E-state index is 12.2. The summed E-state index contributed by atoms with van der Waals surface area (Å²) in [5, 5.41) is 9.93. The normalized spacial score (nSPS) is 14.1. The summed E-state index contributed by atoms with van der Waals surface area (Å²) in [5.74, 6) is 0.671. The van der Waals surface area contributed by atoms with Crippen LogP contribution in [0.3, 0.4) is 0 Å². The lowest BCUT2D eigenvalue weighted by Crippen LogP contribution is -2.26. The van der Waals surface area contributed by atoms with Crippen LogP contribution in [0.2, 0.25) is 0 Å². The molecule has 0 saturated carbocycles. The quantitative estimate of drug-likeness (QED) is 0.773. The van der Waals surface area contributed by atoms with E-state index in [2.05, 4.69) is 20.4 Å². The van der Waals surface area contributed by atoms with Crippen LogP contribution in [0, 0.1) is 11.8 Å². The molecular weight excluding hydrogens is 256 g/mol. The van der Waals surface area contributed by atoms with Gasteiger partial charge in [0.1, 0.15) is 0 Å². The highest BCUT2D eigenvalue weighted by Gasteiger charge is 2.25. The van der Waals surface area contributed by atoms with Crippen LogP contribution in [0.4, 0.5) is 0 Å². The molecule has 3 heteroatoms. The van der Waals surface area contributed by atoms with Crippen molar-refractivity contribution in [3.63, 3.8) is 0 Å². The average Bonchev–Trinajstić information content (AvgIpc) is 2.42. The second-order valence-electron chi connectivity index (χ2n) is 5.06. The first-order chi connectivity index (χ1) is 9.04. The largest absolute Gasteiger partial charge is 0.388 e. The summed E-state index contributed by atoms with van der Waals surface area (Å²) >= 11 is 1.28. The van der Waals surface area contributed by atoms with Crippen LogP contribution >= 0.6 is 11.8 Å². The van der Waals surface area contributed by atoms with Crippen LogP contribution in [0.15, 0.2) is 43.0 Å². The molecule has 0 heterocycles. The highest BCUT2D eigenvalue weighted by molar-refractivity contribution is 8.13. The van der Waals surface area contributed by atoms with Gasteiger partial charge in [-0.25, -0.2) is 0 Å². The first kappa shape index (κ1) is 16.0. The van der Waals surface area contributed by atoms with E-state index in [0.29, 0.717) is 18.1 Å². The van der Waals surface area contributed by atoms with Crippen LogP contribution in [-0.2, 0) is 10.5 Å². The van der Waals surface area contributed by atoms with Gasteiger partial charge in [0.05, 0.1) is 12.0 Å². The number of aliphatic hydroxyl groups excluding tert-OH is 1. The Morgan fingerprint density at radius 1 is 1.37 bits per heavy atom. The van der Waals surface area contributed by atoms with Crippen molar-refractivity contribution in [2.75, 3.05) is 0 Å². The Bertz CT molecular complexity index is 400. The monoisotopic (exact) mass is 278 g/mol. The molecule has 0 aliphatic carbocycles. The number of benzene rings is 1. The van der Waals surface area contributed by atoms with Crippen LogP contribution in [0.5, 0.6) is 0 Å². The number of thioether (sulfide) groups is 1. The Kier molecular flexibility index (Phi) is 6.89. The fourth-order valence-corrected chi connectivity index (χ4v) is 2.83.